The Morgan fingerprint density at radius 1 is 1.29 bits per heavy atom. The lowest BCUT2D eigenvalue weighted by Crippen LogP contribution is -2.23. The molecule has 2 aromatic heterocycles. The third kappa shape index (κ3) is 3.62. The zero-order valence-electron chi connectivity index (χ0n) is 13.1. The summed E-state index contributed by atoms with van der Waals surface area (Å²) in [6, 6.07) is 9.69. The molecule has 24 heavy (non-hydrogen) atoms. The van der Waals surface area contributed by atoms with Crippen LogP contribution in [0.1, 0.15) is 34.6 Å². The smallest absolute Gasteiger partial charge is 0.273 e. The molecule has 0 saturated heterocycles. The van der Waals surface area contributed by atoms with Crippen molar-refractivity contribution >= 4 is 5.91 Å². The van der Waals surface area contributed by atoms with E-state index in [0.717, 1.165) is 11.1 Å². The van der Waals surface area contributed by atoms with Gasteiger partial charge in [-0.3, -0.25) is 9.78 Å². The number of rotatable bonds is 5. The van der Waals surface area contributed by atoms with Crippen LogP contribution in [0.4, 0.5) is 4.39 Å². The predicted molar refractivity (Wildman–Crippen MR) is 85.6 cm³/mol. The molecule has 3 rings (SSSR count). The molecule has 0 aliphatic heterocycles. The van der Waals surface area contributed by atoms with Gasteiger partial charge in [-0.2, -0.15) is 0 Å². The molecule has 1 amide bonds. The van der Waals surface area contributed by atoms with Crippen molar-refractivity contribution in [2.75, 3.05) is 0 Å². The summed E-state index contributed by atoms with van der Waals surface area (Å²) < 4.78 is 14.9. The van der Waals surface area contributed by atoms with Gasteiger partial charge in [-0.05, 0) is 42.3 Å². The highest BCUT2D eigenvalue weighted by atomic mass is 19.1. The predicted octanol–water partition coefficient (Wildman–Crippen LogP) is 2.35. The number of nitrogens with one attached hydrogen (secondary N) is 1. The van der Waals surface area contributed by atoms with Gasteiger partial charge in [0.25, 0.3) is 5.91 Å². The van der Waals surface area contributed by atoms with Crippen molar-refractivity contribution in [3.05, 3.63) is 77.6 Å². The molecule has 122 valence electrons. The van der Waals surface area contributed by atoms with Gasteiger partial charge < -0.3 is 5.32 Å². The van der Waals surface area contributed by atoms with E-state index in [0.29, 0.717) is 6.54 Å². The van der Waals surface area contributed by atoms with Gasteiger partial charge in [0.05, 0.1) is 12.2 Å². The monoisotopic (exact) mass is 325 g/mol. The number of hydrogen-bond donors (Lipinski definition) is 1. The molecule has 0 saturated carbocycles. The van der Waals surface area contributed by atoms with Crippen LogP contribution in [0.5, 0.6) is 0 Å². The average molecular weight is 325 g/mol. The van der Waals surface area contributed by atoms with Crippen LogP contribution >= 0.6 is 0 Å². The number of carbonyl (C=O) groups is 1. The van der Waals surface area contributed by atoms with Gasteiger partial charge in [-0.25, -0.2) is 9.07 Å². The van der Waals surface area contributed by atoms with Crippen molar-refractivity contribution in [2.45, 2.75) is 19.5 Å². The molecule has 0 aliphatic rings. The van der Waals surface area contributed by atoms with E-state index in [-0.39, 0.29) is 23.5 Å². The number of benzene rings is 1. The van der Waals surface area contributed by atoms with E-state index in [2.05, 4.69) is 20.6 Å². The highest BCUT2D eigenvalue weighted by molar-refractivity contribution is 5.91. The molecule has 0 spiro atoms. The number of carbonyl (C=O) groups excluding carboxylic acids is 1. The molecular formula is C17H16FN5O. The lowest BCUT2D eigenvalue weighted by molar-refractivity contribution is 0.0946. The molecule has 7 heteroatoms. The maximum Gasteiger partial charge on any atom is 0.273 e. The fourth-order valence-corrected chi connectivity index (χ4v) is 2.26. The molecule has 1 atom stereocenters. The Hall–Kier alpha value is -3.09. The third-order valence-corrected chi connectivity index (χ3v) is 3.67. The summed E-state index contributed by atoms with van der Waals surface area (Å²) in [6.07, 6.45) is 4.88. The van der Waals surface area contributed by atoms with Crippen molar-refractivity contribution in [3.63, 3.8) is 0 Å². The number of aromatic nitrogens is 4. The van der Waals surface area contributed by atoms with Crippen molar-refractivity contribution in [1.82, 2.24) is 25.3 Å². The third-order valence-electron chi connectivity index (χ3n) is 3.67. The van der Waals surface area contributed by atoms with Gasteiger partial charge in [0.15, 0.2) is 5.69 Å². The topological polar surface area (TPSA) is 72.7 Å². The van der Waals surface area contributed by atoms with Crippen LogP contribution in [-0.2, 0) is 6.54 Å². The second-order valence-electron chi connectivity index (χ2n) is 5.35. The summed E-state index contributed by atoms with van der Waals surface area (Å²) in [6.45, 7) is 2.25. The largest absolute Gasteiger partial charge is 0.347 e. The normalized spacial score (nSPS) is 11.9. The van der Waals surface area contributed by atoms with E-state index in [4.69, 9.17) is 0 Å². The lowest BCUT2D eigenvalue weighted by Gasteiger charge is -2.11. The molecule has 0 aliphatic carbocycles. The van der Waals surface area contributed by atoms with Crippen molar-refractivity contribution < 1.29 is 9.18 Å². The molecule has 0 fully saturated rings. The fourth-order valence-electron chi connectivity index (χ4n) is 2.26. The second-order valence-corrected chi connectivity index (χ2v) is 5.35. The van der Waals surface area contributed by atoms with E-state index in [1.807, 2.05) is 19.1 Å². The van der Waals surface area contributed by atoms with Crippen LogP contribution in [0.15, 0.2) is 55.0 Å². The van der Waals surface area contributed by atoms with Gasteiger partial charge in [-0.15, -0.1) is 5.10 Å². The molecule has 2 heterocycles. The Bertz CT molecular complexity index is 834. The van der Waals surface area contributed by atoms with Gasteiger partial charge >= 0.3 is 0 Å². The molecule has 6 nitrogen and oxygen atoms in total. The van der Waals surface area contributed by atoms with Crippen molar-refractivity contribution in [3.8, 4) is 0 Å². The molecule has 0 radical (unpaired) electrons. The van der Waals surface area contributed by atoms with Crippen LogP contribution < -0.4 is 5.32 Å². The Balaban J connectivity index is 1.67. The SMILES string of the molecule is CC(c1cccc(F)c1)n1cc(C(=O)NCc2ccncc2)nn1. The second kappa shape index (κ2) is 6.99. The summed E-state index contributed by atoms with van der Waals surface area (Å²) in [5.74, 6) is -0.626. The van der Waals surface area contributed by atoms with Crippen molar-refractivity contribution in [1.29, 1.82) is 0 Å². The number of hydrogen-bond acceptors (Lipinski definition) is 4. The number of halogens is 1. The van der Waals surface area contributed by atoms with E-state index in [9.17, 15) is 9.18 Å². The first-order chi connectivity index (χ1) is 11.6. The van der Waals surface area contributed by atoms with Gasteiger partial charge in [0.2, 0.25) is 0 Å². The highest BCUT2D eigenvalue weighted by Crippen LogP contribution is 2.17. The maximum absolute atomic E-state index is 13.3. The van der Waals surface area contributed by atoms with Crippen LogP contribution in [0.25, 0.3) is 0 Å². The first-order valence-corrected chi connectivity index (χ1v) is 7.48. The fraction of sp³-hybridized carbons (Fsp3) is 0.176. The summed E-state index contributed by atoms with van der Waals surface area (Å²) in [7, 11) is 0. The average Bonchev–Trinajstić information content (AvgIpc) is 3.10. The van der Waals surface area contributed by atoms with Gasteiger partial charge in [-0.1, -0.05) is 17.3 Å². The quantitative estimate of drug-likeness (QED) is 0.781. The minimum atomic E-state index is -0.315. The Morgan fingerprint density at radius 2 is 2.08 bits per heavy atom. The van der Waals surface area contributed by atoms with Crippen LogP contribution in [0.2, 0.25) is 0 Å². The summed E-state index contributed by atoms with van der Waals surface area (Å²) in [5.41, 5.74) is 1.91. The van der Waals surface area contributed by atoms with E-state index in [1.54, 1.807) is 30.7 Å². The molecular weight excluding hydrogens is 309 g/mol. The van der Waals surface area contributed by atoms with E-state index < -0.39 is 0 Å². The molecule has 0 bridgehead atoms. The zero-order valence-corrected chi connectivity index (χ0v) is 13.1. The van der Waals surface area contributed by atoms with E-state index in [1.165, 1.54) is 16.8 Å². The minimum absolute atomic E-state index is 0.215. The Morgan fingerprint density at radius 3 is 2.83 bits per heavy atom. The Kier molecular flexibility index (Phi) is 4.60. The molecule has 1 N–H and O–H groups in total. The molecule has 1 aromatic carbocycles. The summed E-state index contributed by atoms with van der Waals surface area (Å²) in [4.78, 5) is 16.1. The summed E-state index contributed by atoms with van der Waals surface area (Å²) in [5, 5.41) is 10.6. The summed E-state index contributed by atoms with van der Waals surface area (Å²) >= 11 is 0. The van der Waals surface area contributed by atoms with Gasteiger partial charge in [0, 0.05) is 18.9 Å². The van der Waals surface area contributed by atoms with Crippen LogP contribution in [0.3, 0.4) is 0 Å². The van der Waals surface area contributed by atoms with Gasteiger partial charge in [0.1, 0.15) is 5.82 Å². The molecule has 1 unspecified atom stereocenters. The Labute approximate surface area is 138 Å². The number of nitrogens with zero attached hydrogens (tertiary/aromatic N) is 4. The highest BCUT2D eigenvalue weighted by Gasteiger charge is 2.15. The number of amides is 1. The van der Waals surface area contributed by atoms with Crippen LogP contribution in [0, 0.1) is 5.82 Å². The number of pyridine rings is 1. The zero-order chi connectivity index (χ0) is 16.9. The maximum atomic E-state index is 13.3. The lowest BCUT2D eigenvalue weighted by atomic mass is 10.1. The first-order valence-electron chi connectivity index (χ1n) is 7.48. The van der Waals surface area contributed by atoms with Crippen LogP contribution in [-0.4, -0.2) is 25.9 Å². The standard InChI is InChI=1S/C17H16FN5O/c1-12(14-3-2-4-15(18)9-14)23-11-16(21-22-23)17(24)20-10-13-5-7-19-8-6-13/h2-9,11-12H,10H2,1H3,(H,20,24). The minimum Gasteiger partial charge on any atom is -0.347 e. The van der Waals surface area contributed by atoms with E-state index >= 15 is 0 Å². The first kappa shape index (κ1) is 15.8. The molecule has 3 aromatic rings. The van der Waals surface area contributed by atoms with Crippen molar-refractivity contribution in [2.24, 2.45) is 0 Å².